The van der Waals surface area contributed by atoms with Gasteiger partial charge in [-0.3, -0.25) is 0 Å². The predicted molar refractivity (Wildman–Crippen MR) is 85.9 cm³/mol. The minimum atomic E-state index is -0.230. The van der Waals surface area contributed by atoms with Gasteiger partial charge in [0.2, 0.25) is 0 Å². The SMILES string of the molecule is COCC[C@@H](C)NC(=O)N1CCO[C@H](c2ccc(F)c(C)c2)C1. The number of benzene rings is 1. The van der Waals surface area contributed by atoms with Gasteiger partial charge in [0.15, 0.2) is 0 Å². The van der Waals surface area contributed by atoms with E-state index >= 15 is 0 Å². The molecule has 6 heteroatoms. The summed E-state index contributed by atoms with van der Waals surface area (Å²) in [6, 6.07) is 4.90. The molecule has 23 heavy (non-hydrogen) atoms. The normalized spacial score (nSPS) is 19.5. The third-order valence-corrected chi connectivity index (χ3v) is 4.03. The molecule has 0 aliphatic carbocycles. The van der Waals surface area contributed by atoms with Crippen molar-refractivity contribution in [3.63, 3.8) is 0 Å². The molecular weight excluding hydrogens is 299 g/mol. The summed E-state index contributed by atoms with van der Waals surface area (Å²) in [6.07, 6.45) is 0.552. The number of methoxy groups -OCH3 is 1. The molecule has 1 N–H and O–H groups in total. The number of morpholine rings is 1. The van der Waals surface area contributed by atoms with Crippen LogP contribution in [0.15, 0.2) is 18.2 Å². The average molecular weight is 324 g/mol. The van der Waals surface area contributed by atoms with Crippen LogP contribution in [0.4, 0.5) is 9.18 Å². The van der Waals surface area contributed by atoms with Crippen LogP contribution in [0.2, 0.25) is 0 Å². The molecule has 0 aromatic heterocycles. The molecule has 2 atom stereocenters. The monoisotopic (exact) mass is 324 g/mol. The summed E-state index contributed by atoms with van der Waals surface area (Å²) in [4.78, 5) is 14.1. The van der Waals surface area contributed by atoms with Crippen LogP contribution in [0.5, 0.6) is 0 Å². The summed E-state index contributed by atoms with van der Waals surface area (Å²) < 4.78 is 24.2. The summed E-state index contributed by atoms with van der Waals surface area (Å²) in [5, 5.41) is 2.97. The van der Waals surface area contributed by atoms with Crippen molar-refractivity contribution in [1.82, 2.24) is 10.2 Å². The maximum Gasteiger partial charge on any atom is 0.317 e. The van der Waals surface area contributed by atoms with E-state index < -0.39 is 0 Å². The fourth-order valence-electron chi connectivity index (χ4n) is 2.57. The van der Waals surface area contributed by atoms with Crippen molar-refractivity contribution in [2.45, 2.75) is 32.4 Å². The molecule has 2 rings (SSSR count). The van der Waals surface area contributed by atoms with Crippen LogP contribution in [0.25, 0.3) is 0 Å². The number of hydrogen-bond donors (Lipinski definition) is 1. The number of urea groups is 1. The maximum absolute atomic E-state index is 13.4. The van der Waals surface area contributed by atoms with Crippen LogP contribution in [0.1, 0.15) is 30.6 Å². The van der Waals surface area contributed by atoms with Gasteiger partial charge in [-0.2, -0.15) is 0 Å². The minimum Gasteiger partial charge on any atom is -0.385 e. The maximum atomic E-state index is 13.4. The highest BCUT2D eigenvalue weighted by Gasteiger charge is 2.26. The minimum absolute atomic E-state index is 0.0526. The molecule has 5 nitrogen and oxygen atoms in total. The number of rotatable bonds is 5. The molecule has 2 amide bonds. The number of nitrogens with one attached hydrogen (secondary N) is 1. The molecule has 0 spiro atoms. The lowest BCUT2D eigenvalue weighted by atomic mass is 10.0. The standard InChI is InChI=1S/C17H25FN2O3/c1-12-10-14(4-5-15(12)18)16-11-20(7-9-23-16)17(21)19-13(2)6-8-22-3/h4-5,10,13,16H,6-9,11H2,1-3H3,(H,19,21)/t13-,16+/m1/s1. The number of ether oxygens (including phenoxy) is 2. The first-order valence-electron chi connectivity index (χ1n) is 7.93. The molecule has 1 aliphatic rings. The second-order valence-electron chi connectivity index (χ2n) is 5.95. The number of aryl methyl sites for hydroxylation is 1. The molecule has 1 heterocycles. The number of carbonyl (C=O) groups excluding carboxylic acids is 1. The molecule has 1 aromatic rings. The van der Waals surface area contributed by atoms with Gasteiger partial charge in [-0.1, -0.05) is 12.1 Å². The van der Waals surface area contributed by atoms with Crippen molar-refractivity contribution in [3.8, 4) is 0 Å². The third kappa shape index (κ3) is 4.91. The van der Waals surface area contributed by atoms with E-state index in [0.29, 0.717) is 31.9 Å². The zero-order valence-electron chi connectivity index (χ0n) is 14.0. The fraction of sp³-hybridized carbons (Fsp3) is 0.588. The van der Waals surface area contributed by atoms with Gasteiger partial charge in [-0.15, -0.1) is 0 Å². The van der Waals surface area contributed by atoms with Crippen LogP contribution in [-0.2, 0) is 9.47 Å². The van der Waals surface area contributed by atoms with Gasteiger partial charge in [0.05, 0.1) is 13.2 Å². The molecule has 1 fully saturated rings. The van der Waals surface area contributed by atoms with Gasteiger partial charge in [0.25, 0.3) is 0 Å². The highest BCUT2D eigenvalue weighted by molar-refractivity contribution is 5.74. The molecule has 128 valence electrons. The third-order valence-electron chi connectivity index (χ3n) is 4.03. The van der Waals surface area contributed by atoms with E-state index in [4.69, 9.17) is 9.47 Å². The Morgan fingerprint density at radius 2 is 2.35 bits per heavy atom. The lowest BCUT2D eigenvalue weighted by Gasteiger charge is -2.34. The molecule has 1 aromatic carbocycles. The molecule has 0 unspecified atom stereocenters. The highest BCUT2D eigenvalue weighted by atomic mass is 19.1. The largest absolute Gasteiger partial charge is 0.385 e. The highest BCUT2D eigenvalue weighted by Crippen LogP contribution is 2.24. The summed E-state index contributed by atoms with van der Waals surface area (Å²) in [5.41, 5.74) is 1.48. The Morgan fingerprint density at radius 1 is 1.57 bits per heavy atom. The van der Waals surface area contributed by atoms with Gasteiger partial charge < -0.3 is 19.7 Å². The number of amides is 2. The van der Waals surface area contributed by atoms with Crippen molar-refractivity contribution >= 4 is 6.03 Å². The molecule has 0 saturated carbocycles. The summed E-state index contributed by atoms with van der Waals surface area (Å²) in [7, 11) is 1.64. The van der Waals surface area contributed by atoms with Gasteiger partial charge in [-0.05, 0) is 37.5 Å². The Kier molecular flexibility index (Phi) is 6.36. The van der Waals surface area contributed by atoms with Crippen LogP contribution >= 0.6 is 0 Å². The smallest absolute Gasteiger partial charge is 0.317 e. The molecular formula is C17H25FN2O3. The van der Waals surface area contributed by atoms with Gasteiger partial charge >= 0.3 is 6.03 Å². The van der Waals surface area contributed by atoms with Crippen molar-refractivity contribution in [3.05, 3.63) is 35.1 Å². The van der Waals surface area contributed by atoms with Crippen molar-refractivity contribution in [1.29, 1.82) is 0 Å². The van der Waals surface area contributed by atoms with E-state index in [2.05, 4.69) is 5.32 Å². The first-order chi connectivity index (χ1) is 11.0. The quantitative estimate of drug-likeness (QED) is 0.906. The van der Waals surface area contributed by atoms with Crippen molar-refractivity contribution in [2.75, 3.05) is 33.4 Å². The Hall–Kier alpha value is -1.66. The molecule has 0 bridgehead atoms. The van der Waals surface area contributed by atoms with Gasteiger partial charge in [0, 0.05) is 26.3 Å². The summed E-state index contributed by atoms with van der Waals surface area (Å²) in [5.74, 6) is -0.230. The van der Waals surface area contributed by atoms with Gasteiger partial charge in [-0.25, -0.2) is 9.18 Å². The number of nitrogens with zero attached hydrogens (tertiary/aromatic N) is 1. The van der Waals surface area contributed by atoms with Crippen molar-refractivity contribution < 1.29 is 18.7 Å². The molecule has 1 aliphatic heterocycles. The molecule has 0 radical (unpaired) electrons. The zero-order valence-corrected chi connectivity index (χ0v) is 14.0. The second-order valence-corrected chi connectivity index (χ2v) is 5.95. The van der Waals surface area contributed by atoms with Crippen LogP contribution in [-0.4, -0.2) is 50.4 Å². The zero-order chi connectivity index (χ0) is 16.8. The lowest BCUT2D eigenvalue weighted by molar-refractivity contribution is -0.0158. The van der Waals surface area contributed by atoms with Crippen LogP contribution in [0.3, 0.4) is 0 Å². The first-order valence-corrected chi connectivity index (χ1v) is 7.93. The topological polar surface area (TPSA) is 50.8 Å². The number of halogens is 1. The molecule has 1 saturated heterocycles. The van der Waals surface area contributed by atoms with Crippen LogP contribution in [0, 0.1) is 12.7 Å². The average Bonchev–Trinajstić information content (AvgIpc) is 2.55. The Labute approximate surface area is 136 Å². The lowest BCUT2D eigenvalue weighted by Crippen LogP contribution is -2.49. The Balaban J connectivity index is 1.94. The number of carbonyl (C=O) groups is 1. The first kappa shape index (κ1) is 17.7. The van der Waals surface area contributed by atoms with Crippen LogP contribution < -0.4 is 5.32 Å². The predicted octanol–water partition coefficient (Wildman–Crippen LogP) is 2.64. The van der Waals surface area contributed by atoms with E-state index in [-0.39, 0.29) is 24.0 Å². The van der Waals surface area contributed by atoms with E-state index in [1.54, 1.807) is 31.1 Å². The number of hydrogen-bond acceptors (Lipinski definition) is 3. The fourth-order valence-corrected chi connectivity index (χ4v) is 2.57. The Bertz CT molecular complexity index is 539. The summed E-state index contributed by atoms with van der Waals surface area (Å²) >= 11 is 0. The van der Waals surface area contributed by atoms with E-state index in [1.165, 1.54) is 6.07 Å². The van der Waals surface area contributed by atoms with E-state index in [1.807, 2.05) is 6.92 Å². The Morgan fingerprint density at radius 3 is 3.04 bits per heavy atom. The van der Waals surface area contributed by atoms with E-state index in [9.17, 15) is 9.18 Å². The second kappa shape index (κ2) is 8.26. The van der Waals surface area contributed by atoms with Gasteiger partial charge in [0.1, 0.15) is 11.9 Å². The van der Waals surface area contributed by atoms with E-state index in [0.717, 1.165) is 12.0 Å². The van der Waals surface area contributed by atoms with Crippen molar-refractivity contribution in [2.24, 2.45) is 0 Å². The summed E-state index contributed by atoms with van der Waals surface area (Å²) in [6.45, 7) is 5.79.